The van der Waals surface area contributed by atoms with E-state index in [9.17, 15) is 22.8 Å². The Balaban J connectivity index is 1.77. The summed E-state index contributed by atoms with van der Waals surface area (Å²) in [5.41, 5.74) is 0.628. The average Bonchev–Trinajstić information content (AvgIpc) is 3.01. The zero-order valence-electron chi connectivity index (χ0n) is 18.8. The number of halogens is 2. The minimum atomic E-state index is -3.95. The molecule has 2 aromatic carbocycles. The third kappa shape index (κ3) is 5.06. The first-order valence-corrected chi connectivity index (χ1v) is 12.9. The molecule has 3 rings (SSSR count). The van der Waals surface area contributed by atoms with Crippen LogP contribution in [0.1, 0.15) is 42.1 Å². The molecule has 0 spiro atoms. The van der Waals surface area contributed by atoms with Crippen LogP contribution in [0.5, 0.6) is 0 Å². The molecule has 0 saturated carbocycles. The van der Waals surface area contributed by atoms with Crippen LogP contribution < -0.4 is 5.32 Å². The lowest BCUT2D eigenvalue weighted by Crippen LogP contribution is -2.48. The Morgan fingerprint density at radius 3 is 2.32 bits per heavy atom. The van der Waals surface area contributed by atoms with Crippen LogP contribution in [0.2, 0.25) is 10.0 Å². The second-order valence-electron chi connectivity index (χ2n) is 7.74. The predicted octanol–water partition coefficient (Wildman–Crippen LogP) is 3.47. The highest BCUT2D eigenvalue weighted by molar-refractivity contribution is 7.90. The van der Waals surface area contributed by atoms with Crippen molar-refractivity contribution in [2.45, 2.75) is 43.7 Å². The van der Waals surface area contributed by atoms with Crippen LogP contribution in [0.15, 0.2) is 47.4 Å². The maximum atomic E-state index is 13.2. The summed E-state index contributed by atoms with van der Waals surface area (Å²) < 4.78 is 26.2. The summed E-state index contributed by atoms with van der Waals surface area (Å²) in [6.07, 6.45) is 0.363. The summed E-state index contributed by atoms with van der Waals surface area (Å²) in [7, 11) is -2.47. The van der Waals surface area contributed by atoms with Gasteiger partial charge in [0.25, 0.3) is 15.9 Å². The van der Waals surface area contributed by atoms with Crippen LogP contribution in [0.3, 0.4) is 0 Å². The number of likely N-dealkylation sites (N-methyl/N-ethyl adjacent to an activating group) is 1. The van der Waals surface area contributed by atoms with Crippen LogP contribution in [0.25, 0.3) is 0 Å². The third-order valence-corrected chi connectivity index (χ3v) is 8.24. The summed E-state index contributed by atoms with van der Waals surface area (Å²) in [5.74, 6) is -1.33. The lowest BCUT2D eigenvalue weighted by atomic mass is 10.1. The van der Waals surface area contributed by atoms with Crippen molar-refractivity contribution in [3.8, 4) is 0 Å². The van der Waals surface area contributed by atoms with Gasteiger partial charge in [0.2, 0.25) is 11.8 Å². The van der Waals surface area contributed by atoms with Crippen LogP contribution in [0.4, 0.5) is 0 Å². The second kappa shape index (κ2) is 10.8. The minimum absolute atomic E-state index is 0.00957. The van der Waals surface area contributed by atoms with E-state index in [0.717, 1.165) is 4.31 Å². The first-order chi connectivity index (χ1) is 16.1. The van der Waals surface area contributed by atoms with Crippen molar-refractivity contribution in [2.24, 2.45) is 0 Å². The third-order valence-electron chi connectivity index (χ3n) is 5.69. The molecule has 3 amide bonds. The van der Waals surface area contributed by atoms with Gasteiger partial charge in [0.05, 0.1) is 5.56 Å². The van der Waals surface area contributed by atoms with Gasteiger partial charge < -0.3 is 10.2 Å². The molecule has 0 bridgehead atoms. The number of nitrogens with one attached hydrogen (secondary N) is 1. The van der Waals surface area contributed by atoms with Gasteiger partial charge in [-0.05, 0) is 37.1 Å². The fourth-order valence-electron chi connectivity index (χ4n) is 3.91. The molecule has 34 heavy (non-hydrogen) atoms. The molecule has 0 aliphatic carbocycles. The van der Waals surface area contributed by atoms with Crippen LogP contribution in [-0.2, 0) is 26.2 Å². The molecule has 1 aliphatic heterocycles. The van der Waals surface area contributed by atoms with Crippen LogP contribution in [0, 0.1) is 0 Å². The van der Waals surface area contributed by atoms with Crippen molar-refractivity contribution < 1.29 is 22.8 Å². The van der Waals surface area contributed by atoms with E-state index in [1.54, 1.807) is 37.3 Å². The standard InChI is InChI=1S/C23H25Cl2N3O5S/c1-3-19(22(30)26-2)27(14-16-17(24)9-6-10-18(16)25)21(29)12-7-13-28-23(31)15-8-4-5-11-20(15)34(28,32)33/h4-6,8-11,19H,3,7,12-14H2,1-2H3,(H,26,30). The molecule has 8 nitrogen and oxygen atoms in total. The monoisotopic (exact) mass is 525 g/mol. The molecule has 1 heterocycles. The van der Waals surface area contributed by atoms with Gasteiger partial charge in [-0.3, -0.25) is 14.4 Å². The number of rotatable bonds is 9. The van der Waals surface area contributed by atoms with Gasteiger partial charge >= 0.3 is 0 Å². The number of fused-ring (bicyclic) bond motifs is 1. The van der Waals surface area contributed by atoms with Crippen molar-refractivity contribution >= 4 is 50.9 Å². The summed E-state index contributed by atoms with van der Waals surface area (Å²) in [5, 5.41) is 3.29. The fraction of sp³-hybridized carbons (Fsp3) is 0.348. The van der Waals surface area contributed by atoms with Crippen molar-refractivity contribution in [1.82, 2.24) is 14.5 Å². The summed E-state index contributed by atoms with van der Waals surface area (Å²) in [4.78, 5) is 39.7. The predicted molar refractivity (Wildman–Crippen MR) is 129 cm³/mol. The Bertz CT molecular complexity index is 1200. The van der Waals surface area contributed by atoms with E-state index < -0.39 is 22.0 Å². The van der Waals surface area contributed by atoms with E-state index in [1.165, 1.54) is 24.1 Å². The first kappa shape index (κ1) is 26.0. The molecule has 1 aliphatic rings. The van der Waals surface area contributed by atoms with Crippen molar-refractivity contribution in [3.63, 3.8) is 0 Å². The second-order valence-corrected chi connectivity index (χ2v) is 10.4. The maximum absolute atomic E-state index is 13.2. The lowest BCUT2D eigenvalue weighted by Gasteiger charge is -2.31. The van der Waals surface area contributed by atoms with E-state index in [0.29, 0.717) is 22.0 Å². The molecular formula is C23H25Cl2N3O5S. The van der Waals surface area contributed by atoms with Crippen molar-refractivity contribution in [1.29, 1.82) is 0 Å². The number of carbonyl (C=O) groups is 3. The molecule has 2 aromatic rings. The van der Waals surface area contributed by atoms with E-state index in [4.69, 9.17) is 23.2 Å². The Hall–Kier alpha value is -2.62. The van der Waals surface area contributed by atoms with Gasteiger partial charge in [-0.25, -0.2) is 12.7 Å². The van der Waals surface area contributed by atoms with E-state index >= 15 is 0 Å². The summed E-state index contributed by atoms with van der Waals surface area (Å²) >= 11 is 12.6. The van der Waals surface area contributed by atoms with E-state index in [2.05, 4.69) is 5.32 Å². The van der Waals surface area contributed by atoms with Crippen molar-refractivity contribution in [3.05, 3.63) is 63.6 Å². The molecule has 1 N–H and O–H groups in total. The highest BCUT2D eigenvalue weighted by atomic mass is 35.5. The molecule has 0 fully saturated rings. The smallest absolute Gasteiger partial charge is 0.269 e. The Morgan fingerprint density at radius 2 is 1.74 bits per heavy atom. The minimum Gasteiger partial charge on any atom is -0.357 e. The van der Waals surface area contributed by atoms with Crippen molar-refractivity contribution in [2.75, 3.05) is 13.6 Å². The van der Waals surface area contributed by atoms with Gasteiger partial charge in [0, 0.05) is 42.2 Å². The van der Waals surface area contributed by atoms with Gasteiger partial charge in [0.15, 0.2) is 0 Å². The molecule has 1 unspecified atom stereocenters. The SMILES string of the molecule is CCC(C(=O)NC)N(Cc1c(Cl)cccc1Cl)C(=O)CCCN1C(=O)c2ccccc2S1(=O)=O. The average molecular weight is 526 g/mol. The topological polar surface area (TPSA) is 104 Å². The van der Waals surface area contributed by atoms with Crippen LogP contribution in [-0.4, -0.2) is 55.0 Å². The van der Waals surface area contributed by atoms with Gasteiger partial charge in [-0.2, -0.15) is 0 Å². The Kier molecular flexibility index (Phi) is 8.22. The number of carbonyl (C=O) groups excluding carboxylic acids is 3. The fourth-order valence-corrected chi connectivity index (χ4v) is 6.03. The molecular weight excluding hydrogens is 501 g/mol. The number of hydrogen-bond donors (Lipinski definition) is 1. The molecule has 11 heteroatoms. The van der Waals surface area contributed by atoms with Gasteiger partial charge in [-0.15, -0.1) is 0 Å². The molecule has 0 aromatic heterocycles. The highest BCUT2D eigenvalue weighted by Crippen LogP contribution is 2.31. The number of hydrogen-bond acceptors (Lipinski definition) is 5. The number of nitrogens with zero attached hydrogens (tertiary/aromatic N) is 2. The van der Waals surface area contributed by atoms with Crippen LogP contribution >= 0.6 is 23.2 Å². The first-order valence-electron chi connectivity index (χ1n) is 10.7. The maximum Gasteiger partial charge on any atom is 0.269 e. The molecule has 0 radical (unpaired) electrons. The molecule has 0 saturated heterocycles. The Morgan fingerprint density at radius 1 is 1.09 bits per heavy atom. The normalized spacial score (nSPS) is 15.1. The number of amides is 3. The molecule has 1 atom stereocenters. The van der Waals surface area contributed by atoms with E-state index in [1.807, 2.05) is 0 Å². The summed E-state index contributed by atoms with van der Waals surface area (Å²) in [6, 6.07) is 10.2. The summed E-state index contributed by atoms with van der Waals surface area (Å²) in [6.45, 7) is 1.63. The largest absolute Gasteiger partial charge is 0.357 e. The number of sulfonamides is 1. The lowest BCUT2D eigenvalue weighted by molar-refractivity contribution is -0.141. The van der Waals surface area contributed by atoms with E-state index in [-0.39, 0.29) is 48.2 Å². The van der Waals surface area contributed by atoms with Gasteiger partial charge in [0.1, 0.15) is 10.9 Å². The highest BCUT2D eigenvalue weighted by Gasteiger charge is 2.40. The zero-order chi connectivity index (χ0) is 25.0. The number of benzene rings is 2. The Labute approximate surface area is 208 Å². The zero-order valence-corrected chi connectivity index (χ0v) is 21.1. The van der Waals surface area contributed by atoms with Gasteiger partial charge in [-0.1, -0.05) is 48.3 Å². The quantitative estimate of drug-likeness (QED) is 0.539. The molecule has 182 valence electrons.